The third-order valence-electron chi connectivity index (χ3n) is 6.19. The molecule has 0 radical (unpaired) electrons. The van der Waals surface area contributed by atoms with E-state index in [2.05, 4.69) is 49.4 Å². The van der Waals surface area contributed by atoms with Gasteiger partial charge in [-0.2, -0.15) is 5.10 Å². The molecular formula is C21H30N8O2. The zero-order chi connectivity index (χ0) is 21.2. The van der Waals surface area contributed by atoms with E-state index >= 15 is 0 Å². The van der Waals surface area contributed by atoms with E-state index < -0.39 is 0 Å². The number of likely N-dealkylation sites (N-methyl/N-ethyl adjacent to an activating group) is 1. The molecule has 0 bridgehead atoms. The largest absolute Gasteiger partial charge is 0.419 e. The third-order valence-corrected chi connectivity index (χ3v) is 6.19. The average Bonchev–Trinajstić information content (AvgIpc) is 3.43. The summed E-state index contributed by atoms with van der Waals surface area (Å²) in [5.74, 6) is 1.14. The highest BCUT2D eigenvalue weighted by Gasteiger charge is 2.23. The maximum Gasteiger partial charge on any atom is 0.251 e. The number of hydrogen-bond acceptors (Lipinski definition) is 9. The van der Waals surface area contributed by atoms with Crippen molar-refractivity contribution >= 4 is 16.7 Å². The molecule has 0 unspecified atom stereocenters. The molecule has 2 fully saturated rings. The number of aryl methyl sites for hydroxylation is 1. The summed E-state index contributed by atoms with van der Waals surface area (Å²) in [6.07, 6.45) is 5.62. The highest BCUT2D eigenvalue weighted by molar-refractivity contribution is 5.96. The summed E-state index contributed by atoms with van der Waals surface area (Å²) in [5.41, 5.74) is 2.65. The van der Waals surface area contributed by atoms with Crippen LogP contribution < -0.4 is 5.32 Å². The van der Waals surface area contributed by atoms with Gasteiger partial charge in [-0.1, -0.05) is 0 Å². The first-order valence-electron chi connectivity index (χ1n) is 11.1. The topological polar surface area (TPSA) is 97.4 Å². The number of rotatable bonds is 6. The third kappa shape index (κ3) is 4.28. The summed E-state index contributed by atoms with van der Waals surface area (Å²) in [6.45, 7) is 9.18. The average molecular weight is 427 g/mol. The molecular weight excluding hydrogens is 396 g/mol. The smallest absolute Gasteiger partial charge is 0.251 e. The first-order chi connectivity index (χ1) is 15.2. The van der Waals surface area contributed by atoms with Crippen LogP contribution in [0.15, 0.2) is 16.8 Å². The lowest BCUT2D eigenvalue weighted by Gasteiger charge is -2.31. The quantitative estimate of drug-likeness (QED) is 0.633. The van der Waals surface area contributed by atoms with E-state index in [1.54, 1.807) is 0 Å². The second-order valence-electron chi connectivity index (χ2n) is 8.36. The molecule has 0 aliphatic carbocycles. The number of nitrogens with one attached hydrogen (secondary N) is 1. The standard InChI is InChI=1S/C21H30N8O2/c1-3-29-20-16(13-23-29)19(24-15-4-10-30-11-5-15)17(12-22-20)21-26-25-18(31-21)14-28-8-6-27(2)7-9-28/h12-13,15H,3-11,14H2,1-2H3,(H,22,24). The van der Waals surface area contributed by atoms with Crippen molar-refractivity contribution in [3.63, 3.8) is 0 Å². The minimum Gasteiger partial charge on any atom is -0.419 e. The second-order valence-corrected chi connectivity index (χ2v) is 8.36. The number of nitrogens with zero attached hydrogens (tertiary/aromatic N) is 7. The maximum absolute atomic E-state index is 6.10. The number of pyridine rings is 1. The van der Waals surface area contributed by atoms with E-state index in [-0.39, 0.29) is 0 Å². The van der Waals surface area contributed by atoms with Gasteiger partial charge in [0.05, 0.1) is 29.4 Å². The van der Waals surface area contributed by atoms with Gasteiger partial charge in [0.2, 0.25) is 5.89 Å². The van der Waals surface area contributed by atoms with E-state index in [1.807, 2.05) is 17.1 Å². The number of hydrogen-bond donors (Lipinski definition) is 1. The molecule has 2 saturated heterocycles. The van der Waals surface area contributed by atoms with Gasteiger partial charge in [-0.3, -0.25) is 4.90 Å². The number of ether oxygens (including phenoxy) is 1. The summed E-state index contributed by atoms with van der Waals surface area (Å²) in [5, 5.41) is 17.9. The van der Waals surface area contributed by atoms with E-state index in [0.29, 0.717) is 24.4 Å². The van der Waals surface area contributed by atoms with Gasteiger partial charge in [-0.05, 0) is 26.8 Å². The summed E-state index contributed by atoms with van der Waals surface area (Å²) >= 11 is 0. The van der Waals surface area contributed by atoms with Crippen molar-refractivity contribution in [1.29, 1.82) is 0 Å². The Morgan fingerprint density at radius 3 is 2.68 bits per heavy atom. The van der Waals surface area contributed by atoms with Crippen LogP contribution in [0.25, 0.3) is 22.5 Å². The Morgan fingerprint density at radius 2 is 1.90 bits per heavy atom. The van der Waals surface area contributed by atoms with Crippen LogP contribution in [0.2, 0.25) is 0 Å². The van der Waals surface area contributed by atoms with Crippen LogP contribution in [-0.4, -0.2) is 87.2 Å². The van der Waals surface area contributed by atoms with Gasteiger partial charge < -0.3 is 19.4 Å². The summed E-state index contributed by atoms with van der Waals surface area (Å²) in [4.78, 5) is 9.35. The van der Waals surface area contributed by atoms with Gasteiger partial charge in [-0.15, -0.1) is 10.2 Å². The number of aromatic nitrogens is 5. The summed E-state index contributed by atoms with van der Waals surface area (Å²) in [7, 11) is 2.15. The SMILES string of the molecule is CCn1ncc2c(NC3CCOCC3)c(-c3nnc(CN4CCN(C)CC4)o3)cnc21. The molecule has 0 saturated carbocycles. The van der Waals surface area contributed by atoms with Gasteiger partial charge in [0.1, 0.15) is 0 Å². The minimum atomic E-state index is 0.329. The van der Waals surface area contributed by atoms with Crippen LogP contribution >= 0.6 is 0 Å². The fraction of sp³-hybridized carbons (Fsp3) is 0.619. The molecule has 0 amide bonds. The van der Waals surface area contributed by atoms with E-state index in [4.69, 9.17) is 9.15 Å². The first-order valence-corrected chi connectivity index (χ1v) is 11.1. The fourth-order valence-electron chi connectivity index (χ4n) is 4.25. The molecule has 0 aromatic carbocycles. The second kappa shape index (κ2) is 8.89. The van der Waals surface area contributed by atoms with Crippen LogP contribution in [0, 0.1) is 0 Å². The van der Waals surface area contributed by atoms with E-state index in [9.17, 15) is 0 Å². The predicted molar refractivity (Wildman–Crippen MR) is 117 cm³/mol. The maximum atomic E-state index is 6.10. The van der Waals surface area contributed by atoms with Crippen molar-refractivity contribution in [3.8, 4) is 11.5 Å². The lowest BCUT2D eigenvalue weighted by Crippen LogP contribution is -2.43. The summed E-state index contributed by atoms with van der Waals surface area (Å²) < 4.78 is 13.5. The Bertz CT molecular complexity index is 1020. The van der Waals surface area contributed by atoms with Gasteiger partial charge in [0.15, 0.2) is 5.65 Å². The Kier molecular flexibility index (Phi) is 5.84. The normalized spacial score (nSPS) is 19.3. The number of piperazine rings is 1. The molecule has 3 aromatic rings. The molecule has 0 atom stereocenters. The lowest BCUT2D eigenvalue weighted by atomic mass is 10.1. The summed E-state index contributed by atoms with van der Waals surface area (Å²) in [6, 6.07) is 0.329. The highest BCUT2D eigenvalue weighted by Crippen LogP contribution is 2.34. The van der Waals surface area contributed by atoms with Gasteiger partial charge in [0.25, 0.3) is 5.89 Å². The van der Waals surface area contributed by atoms with Crippen molar-refractivity contribution in [2.24, 2.45) is 0 Å². The number of anilines is 1. The molecule has 1 N–H and O–H groups in total. The van der Waals surface area contributed by atoms with Crippen LogP contribution in [-0.2, 0) is 17.8 Å². The van der Waals surface area contributed by atoms with Crippen LogP contribution in [0.4, 0.5) is 5.69 Å². The monoisotopic (exact) mass is 426 g/mol. The van der Waals surface area contributed by atoms with E-state index in [1.165, 1.54) is 0 Å². The molecule has 5 heterocycles. The van der Waals surface area contributed by atoms with Gasteiger partial charge in [-0.25, -0.2) is 9.67 Å². The van der Waals surface area contributed by atoms with Crippen molar-refractivity contribution in [3.05, 3.63) is 18.3 Å². The Balaban J connectivity index is 1.44. The van der Waals surface area contributed by atoms with E-state index in [0.717, 1.165) is 81.1 Å². The van der Waals surface area contributed by atoms with Crippen molar-refractivity contribution < 1.29 is 9.15 Å². The molecule has 10 nitrogen and oxygen atoms in total. The lowest BCUT2D eigenvalue weighted by molar-refractivity contribution is 0.0905. The number of fused-ring (bicyclic) bond motifs is 1. The van der Waals surface area contributed by atoms with Crippen molar-refractivity contribution in [2.45, 2.75) is 38.9 Å². The van der Waals surface area contributed by atoms with Crippen molar-refractivity contribution in [2.75, 3.05) is 51.8 Å². The highest BCUT2D eigenvalue weighted by atomic mass is 16.5. The zero-order valence-corrected chi connectivity index (χ0v) is 18.3. The first kappa shape index (κ1) is 20.3. The molecule has 31 heavy (non-hydrogen) atoms. The Hall–Kier alpha value is -2.56. The van der Waals surface area contributed by atoms with Gasteiger partial charge >= 0.3 is 0 Å². The Morgan fingerprint density at radius 1 is 1.10 bits per heavy atom. The van der Waals surface area contributed by atoms with Gasteiger partial charge in [0, 0.05) is 58.2 Å². The van der Waals surface area contributed by atoms with Crippen LogP contribution in [0.3, 0.4) is 0 Å². The fourth-order valence-corrected chi connectivity index (χ4v) is 4.25. The molecule has 3 aromatic heterocycles. The molecule has 2 aliphatic heterocycles. The van der Waals surface area contributed by atoms with Crippen LogP contribution in [0.1, 0.15) is 25.7 Å². The minimum absolute atomic E-state index is 0.329. The Labute approximate surface area is 181 Å². The molecule has 10 heteroatoms. The van der Waals surface area contributed by atoms with Crippen molar-refractivity contribution in [1.82, 2.24) is 34.8 Å². The molecule has 0 spiro atoms. The zero-order valence-electron chi connectivity index (χ0n) is 18.3. The predicted octanol–water partition coefficient (Wildman–Crippen LogP) is 1.84. The molecule has 166 valence electrons. The molecule has 5 rings (SSSR count). The molecule has 2 aliphatic rings. The van der Waals surface area contributed by atoms with Crippen LogP contribution in [0.5, 0.6) is 0 Å².